The van der Waals surface area contributed by atoms with Gasteiger partial charge in [0.1, 0.15) is 11.6 Å². The maximum absolute atomic E-state index is 5.24. The lowest BCUT2D eigenvalue weighted by molar-refractivity contribution is 0.0105. The van der Waals surface area contributed by atoms with Gasteiger partial charge in [-0.05, 0) is 92.7 Å². The van der Waals surface area contributed by atoms with Gasteiger partial charge in [0.25, 0.3) is 0 Å². The first-order chi connectivity index (χ1) is 17.7. The number of rotatable bonds is 5. The zero-order chi connectivity index (χ0) is 23.7. The third-order valence-corrected chi connectivity index (χ3v) is 9.50. The minimum Gasteiger partial charge on any atom is -0.365 e. The molecule has 6 aliphatic rings. The number of hydrogen-bond donors (Lipinski definition) is 2. The Hall–Kier alpha value is -2.80. The summed E-state index contributed by atoms with van der Waals surface area (Å²) in [6, 6.07) is 4.24. The molecular weight excluding hydrogens is 446 g/mol. The fraction of sp³-hybridized carbons (Fsp3) is 0.586. The highest BCUT2D eigenvalue weighted by Gasteiger charge is 2.51. The van der Waals surface area contributed by atoms with Crippen LogP contribution in [0.15, 0.2) is 30.7 Å². The Morgan fingerprint density at radius 3 is 2.42 bits per heavy atom. The molecule has 1 saturated heterocycles. The van der Waals surface area contributed by atoms with Gasteiger partial charge in [0.2, 0.25) is 0 Å². The molecule has 9 rings (SSSR count). The standard InChI is InChI=1S/C29H35N7/c1-2-21(1)23-16-31-17-24-26(23)28(36-7-5-30-6-8-36)34-27(33-24)22-3-4-32-25(12-22)35-29-13-18-9-19(14-29)11-20(10-18)15-29/h3-4,12,16-21,30H,1-2,5-11,13-15H2,(H,32,35). The summed E-state index contributed by atoms with van der Waals surface area (Å²) in [5.74, 6) is 6.16. The van der Waals surface area contributed by atoms with Gasteiger partial charge in [-0.3, -0.25) is 4.98 Å². The number of aromatic nitrogens is 4. The number of fused-ring (bicyclic) bond motifs is 1. The van der Waals surface area contributed by atoms with E-state index in [1.807, 2.05) is 12.4 Å². The molecule has 36 heavy (non-hydrogen) atoms. The van der Waals surface area contributed by atoms with Crippen molar-refractivity contribution in [1.29, 1.82) is 0 Å². The summed E-state index contributed by atoms with van der Waals surface area (Å²) in [5.41, 5.74) is 3.56. The van der Waals surface area contributed by atoms with E-state index in [-0.39, 0.29) is 5.54 Å². The number of piperazine rings is 1. The van der Waals surface area contributed by atoms with Crippen molar-refractivity contribution < 1.29 is 0 Å². The molecule has 0 atom stereocenters. The van der Waals surface area contributed by atoms with Crippen LogP contribution in [0.1, 0.15) is 62.8 Å². The third kappa shape index (κ3) is 3.66. The van der Waals surface area contributed by atoms with Crippen molar-refractivity contribution in [2.45, 2.75) is 62.8 Å². The molecular formula is C29H35N7. The smallest absolute Gasteiger partial charge is 0.162 e. The Balaban J connectivity index is 1.18. The van der Waals surface area contributed by atoms with E-state index in [9.17, 15) is 0 Å². The highest BCUT2D eigenvalue weighted by molar-refractivity contribution is 5.94. The quantitative estimate of drug-likeness (QED) is 0.544. The Bertz CT molecular complexity index is 1270. The van der Waals surface area contributed by atoms with Crippen LogP contribution in [0.4, 0.5) is 11.6 Å². The summed E-state index contributed by atoms with van der Waals surface area (Å²) in [6.07, 6.45) is 16.7. The average Bonchev–Trinajstić information content (AvgIpc) is 3.73. The monoisotopic (exact) mass is 481 g/mol. The number of pyridine rings is 2. The molecule has 3 aromatic rings. The lowest BCUT2D eigenvalue weighted by Gasteiger charge is -2.57. The number of nitrogens with zero attached hydrogens (tertiary/aromatic N) is 5. The summed E-state index contributed by atoms with van der Waals surface area (Å²) in [4.78, 5) is 22.1. The second-order valence-corrected chi connectivity index (χ2v) is 12.3. The zero-order valence-corrected chi connectivity index (χ0v) is 20.9. The predicted molar refractivity (Wildman–Crippen MR) is 142 cm³/mol. The summed E-state index contributed by atoms with van der Waals surface area (Å²) in [5, 5.41) is 8.64. The fourth-order valence-corrected chi connectivity index (χ4v) is 8.20. The van der Waals surface area contributed by atoms with Crippen LogP contribution in [0.3, 0.4) is 0 Å². The van der Waals surface area contributed by atoms with Gasteiger partial charge in [-0.25, -0.2) is 15.0 Å². The maximum atomic E-state index is 5.24. The lowest BCUT2D eigenvalue weighted by atomic mass is 9.53. The molecule has 1 aliphatic heterocycles. The second-order valence-electron chi connectivity index (χ2n) is 12.3. The van der Waals surface area contributed by atoms with E-state index in [0.717, 1.165) is 72.5 Å². The van der Waals surface area contributed by atoms with Gasteiger partial charge < -0.3 is 15.5 Å². The van der Waals surface area contributed by atoms with Gasteiger partial charge in [-0.2, -0.15) is 0 Å². The maximum Gasteiger partial charge on any atom is 0.162 e. The second kappa shape index (κ2) is 8.10. The van der Waals surface area contributed by atoms with E-state index in [1.165, 1.54) is 62.3 Å². The largest absolute Gasteiger partial charge is 0.365 e. The van der Waals surface area contributed by atoms with E-state index >= 15 is 0 Å². The van der Waals surface area contributed by atoms with Gasteiger partial charge in [0.15, 0.2) is 5.82 Å². The molecule has 5 aliphatic carbocycles. The minimum absolute atomic E-state index is 0.236. The normalized spacial score (nSPS) is 31.2. The molecule has 3 aromatic heterocycles. The van der Waals surface area contributed by atoms with Crippen LogP contribution in [-0.2, 0) is 0 Å². The van der Waals surface area contributed by atoms with E-state index < -0.39 is 0 Å². The Morgan fingerprint density at radius 2 is 1.69 bits per heavy atom. The molecule has 2 N–H and O–H groups in total. The first-order valence-electron chi connectivity index (χ1n) is 14.1. The molecule has 0 radical (unpaired) electrons. The minimum atomic E-state index is 0.236. The third-order valence-electron chi connectivity index (χ3n) is 9.50. The fourth-order valence-electron chi connectivity index (χ4n) is 8.20. The van der Waals surface area contributed by atoms with Crippen molar-refractivity contribution >= 4 is 22.5 Å². The molecule has 4 bridgehead atoms. The topological polar surface area (TPSA) is 78.9 Å². The SMILES string of the molecule is c1cc(-c2nc(N3CCNCC3)c3c(C4CC4)cncc3n2)cc(NC23CC4CC(CC(C4)C2)C3)n1. The summed E-state index contributed by atoms with van der Waals surface area (Å²) >= 11 is 0. The molecule has 0 spiro atoms. The van der Waals surface area contributed by atoms with Gasteiger partial charge in [0, 0.05) is 55.1 Å². The Kier molecular flexibility index (Phi) is 4.79. The van der Waals surface area contributed by atoms with Crippen LogP contribution in [0.5, 0.6) is 0 Å². The van der Waals surface area contributed by atoms with E-state index in [2.05, 4.69) is 38.8 Å². The van der Waals surface area contributed by atoms with Gasteiger partial charge in [0.05, 0.1) is 11.7 Å². The van der Waals surface area contributed by atoms with Gasteiger partial charge >= 0.3 is 0 Å². The van der Waals surface area contributed by atoms with Crippen molar-refractivity contribution in [1.82, 2.24) is 25.3 Å². The van der Waals surface area contributed by atoms with Crippen LogP contribution < -0.4 is 15.5 Å². The molecule has 186 valence electrons. The molecule has 5 saturated carbocycles. The van der Waals surface area contributed by atoms with Crippen molar-refractivity contribution in [3.8, 4) is 11.4 Å². The summed E-state index contributed by atoms with van der Waals surface area (Å²) in [7, 11) is 0. The van der Waals surface area contributed by atoms with Crippen LogP contribution >= 0.6 is 0 Å². The number of nitrogens with one attached hydrogen (secondary N) is 2. The summed E-state index contributed by atoms with van der Waals surface area (Å²) in [6.45, 7) is 3.90. The van der Waals surface area contributed by atoms with Crippen molar-refractivity contribution in [2.24, 2.45) is 17.8 Å². The van der Waals surface area contributed by atoms with E-state index in [1.54, 1.807) is 0 Å². The number of hydrogen-bond acceptors (Lipinski definition) is 7. The molecule has 0 aromatic carbocycles. The van der Waals surface area contributed by atoms with Crippen LogP contribution in [0, 0.1) is 17.8 Å². The Morgan fingerprint density at radius 1 is 0.944 bits per heavy atom. The lowest BCUT2D eigenvalue weighted by Crippen LogP contribution is -2.54. The molecule has 4 heterocycles. The number of anilines is 2. The molecule has 7 nitrogen and oxygen atoms in total. The first-order valence-corrected chi connectivity index (χ1v) is 14.1. The Labute approximate surface area is 212 Å². The molecule has 0 amide bonds. The molecule has 7 heteroatoms. The van der Waals surface area contributed by atoms with Crippen molar-refractivity contribution in [3.05, 3.63) is 36.3 Å². The van der Waals surface area contributed by atoms with Gasteiger partial charge in [-0.15, -0.1) is 0 Å². The van der Waals surface area contributed by atoms with Gasteiger partial charge in [-0.1, -0.05) is 0 Å². The molecule has 6 fully saturated rings. The molecule has 0 unspecified atom stereocenters. The van der Waals surface area contributed by atoms with Crippen LogP contribution in [-0.4, -0.2) is 51.7 Å². The highest BCUT2D eigenvalue weighted by atomic mass is 15.2. The van der Waals surface area contributed by atoms with Crippen molar-refractivity contribution in [2.75, 3.05) is 36.4 Å². The van der Waals surface area contributed by atoms with E-state index in [0.29, 0.717) is 5.92 Å². The van der Waals surface area contributed by atoms with Crippen molar-refractivity contribution in [3.63, 3.8) is 0 Å². The predicted octanol–water partition coefficient (Wildman–Crippen LogP) is 4.75. The zero-order valence-electron chi connectivity index (χ0n) is 20.9. The van der Waals surface area contributed by atoms with Crippen LogP contribution in [0.25, 0.3) is 22.3 Å². The average molecular weight is 482 g/mol. The summed E-state index contributed by atoms with van der Waals surface area (Å²) < 4.78 is 0. The highest BCUT2D eigenvalue weighted by Crippen LogP contribution is 2.56. The van der Waals surface area contributed by atoms with Crippen LogP contribution in [0.2, 0.25) is 0 Å². The van der Waals surface area contributed by atoms with E-state index in [4.69, 9.17) is 15.0 Å². The first kappa shape index (κ1) is 21.3.